The van der Waals surface area contributed by atoms with E-state index in [4.69, 9.17) is 5.10 Å². The second kappa shape index (κ2) is 5.05. The van der Waals surface area contributed by atoms with Gasteiger partial charge in [0, 0.05) is 35.9 Å². The van der Waals surface area contributed by atoms with E-state index < -0.39 is 0 Å². The third-order valence-corrected chi connectivity index (χ3v) is 6.26. The molecule has 0 radical (unpaired) electrons. The van der Waals surface area contributed by atoms with E-state index in [1.807, 2.05) is 0 Å². The van der Waals surface area contributed by atoms with E-state index in [2.05, 4.69) is 55.9 Å². The van der Waals surface area contributed by atoms with Crippen molar-refractivity contribution in [3.05, 3.63) is 41.6 Å². The second-order valence-electron chi connectivity index (χ2n) is 7.48. The standard InChI is InChI=1S/C20H24N2O/c1-13-16-10-9-15-18(14-7-5-4-6-8-14)22(3)21-19(15)20(16,2)12-11-17(13)23/h4-8,13,16H,9-12H2,1-3H3/t13-,16-,20-/m0/s1. The minimum Gasteiger partial charge on any atom is -0.299 e. The molecule has 1 fully saturated rings. The highest BCUT2D eigenvalue weighted by atomic mass is 16.1. The number of aryl methyl sites for hydroxylation is 1. The van der Waals surface area contributed by atoms with Crippen LogP contribution < -0.4 is 0 Å². The number of carbonyl (C=O) groups excluding carboxylic acids is 1. The number of carbonyl (C=O) groups is 1. The molecule has 2 aliphatic rings. The summed E-state index contributed by atoms with van der Waals surface area (Å²) in [6, 6.07) is 10.6. The van der Waals surface area contributed by atoms with Crippen LogP contribution in [-0.4, -0.2) is 15.6 Å². The quantitative estimate of drug-likeness (QED) is 0.800. The van der Waals surface area contributed by atoms with Crippen LogP contribution in [0.4, 0.5) is 0 Å². The Kier molecular flexibility index (Phi) is 3.22. The van der Waals surface area contributed by atoms with Gasteiger partial charge in [0.15, 0.2) is 0 Å². The number of rotatable bonds is 1. The molecular weight excluding hydrogens is 284 g/mol. The van der Waals surface area contributed by atoms with Crippen LogP contribution in [0.15, 0.2) is 30.3 Å². The monoisotopic (exact) mass is 308 g/mol. The van der Waals surface area contributed by atoms with Gasteiger partial charge < -0.3 is 0 Å². The summed E-state index contributed by atoms with van der Waals surface area (Å²) in [6.07, 6.45) is 3.77. The average Bonchev–Trinajstić information content (AvgIpc) is 2.90. The Bertz CT molecular complexity index is 761. The lowest BCUT2D eigenvalue weighted by atomic mass is 9.56. The maximum Gasteiger partial charge on any atom is 0.136 e. The lowest BCUT2D eigenvalue weighted by Gasteiger charge is -2.46. The van der Waals surface area contributed by atoms with Crippen LogP contribution >= 0.6 is 0 Å². The van der Waals surface area contributed by atoms with E-state index >= 15 is 0 Å². The van der Waals surface area contributed by atoms with Crippen molar-refractivity contribution >= 4 is 5.78 Å². The highest BCUT2D eigenvalue weighted by Crippen LogP contribution is 2.52. The number of benzene rings is 1. The van der Waals surface area contributed by atoms with Crippen molar-refractivity contribution in [3.8, 4) is 11.3 Å². The van der Waals surface area contributed by atoms with Crippen molar-refractivity contribution < 1.29 is 4.79 Å². The number of Topliss-reactive ketones (excluding diaryl/α,β-unsaturated/α-hetero) is 1. The molecule has 3 heteroatoms. The Balaban J connectivity index is 1.86. The van der Waals surface area contributed by atoms with Gasteiger partial charge in [0.2, 0.25) is 0 Å². The van der Waals surface area contributed by atoms with Gasteiger partial charge in [0.25, 0.3) is 0 Å². The maximum atomic E-state index is 12.2. The third kappa shape index (κ3) is 2.02. The van der Waals surface area contributed by atoms with Crippen molar-refractivity contribution in [2.24, 2.45) is 18.9 Å². The molecule has 3 atom stereocenters. The van der Waals surface area contributed by atoms with Crippen LogP contribution in [0.2, 0.25) is 0 Å². The van der Waals surface area contributed by atoms with Gasteiger partial charge in [-0.15, -0.1) is 0 Å². The van der Waals surface area contributed by atoms with Gasteiger partial charge >= 0.3 is 0 Å². The molecule has 23 heavy (non-hydrogen) atoms. The molecule has 0 spiro atoms. The Morgan fingerprint density at radius 3 is 2.70 bits per heavy atom. The Labute approximate surface area is 137 Å². The SMILES string of the molecule is C[C@@H]1C(=O)CC[C@]2(C)c3nn(C)c(-c4ccccc4)c3CC[C@@H]12. The Morgan fingerprint density at radius 2 is 1.96 bits per heavy atom. The lowest BCUT2D eigenvalue weighted by Crippen LogP contribution is -2.46. The predicted octanol–water partition coefficient (Wildman–Crippen LogP) is 3.91. The van der Waals surface area contributed by atoms with Crippen LogP contribution in [-0.2, 0) is 23.7 Å². The predicted molar refractivity (Wildman–Crippen MR) is 91.2 cm³/mol. The molecule has 4 rings (SSSR count). The molecule has 1 saturated carbocycles. The number of hydrogen-bond donors (Lipinski definition) is 0. The Hall–Kier alpha value is -1.90. The smallest absolute Gasteiger partial charge is 0.136 e. The molecule has 0 saturated heterocycles. The maximum absolute atomic E-state index is 12.2. The van der Waals surface area contributed by atoms with Gasteiger partial charge in [-0.1, -0.05) is 44.2 Å². The molecule has 1 aromatic heterocycles. The lowest BCUT2D eigenvalue weighted by molar-refractivity contribution is -0.128. The highest BCUT2D eigenvalue weighted by molar-refractivity contribution is 5.82. The second-order valence-corrected chi connectivity index (χ2v) is 7.48. The summed E-state index contributed by atoms with van der Waals surface area (Å²) in [6.45, 7) is 4.46. The molecule has 0 N–H and O–H groups in total. The summed E-state index contributed by atoms with van der Waals surface area (Å²) in [5.74, 6) is 1.05. The fraction of sp³-hybridized carbons (Fsp3) is 0.500. The number of ketones is 1. The first-order valence-electron chi connectivity index (χ1n) is 8.67. The fourth-order valence-electron chi connectivity index (χ4n) is 4.96. The molecule has 0 aliphatic heterocycles. The first kappa shape index (κ1) is 14.7. The minimum atomic E-state index is 0.0473. The molecule has 0 bridgehead atoms. The fourth-order valence-corrected chi connectivity index (χ4v) is 4.96. The van der Waals surface area contributed by atoms with E-state index in [0.717, 1.165) is 19.3 Å². The molecule has 120 valence electrons. The zero-order valence-electron chi connectivity index (χ0n) is 14.2. The van der Waals surface area contributed by atoms with E-state index in [9.17, 15) is 4.79 Å². The zero-order valence-corrected chi connectivity index (χ0v) is 14.2. The summed E-state index contributed by atoms with van der Waals surface area (Å²) in [4.78, 5) is 12.2. The number of hydrogen-bond acceptors (Lipinski definition) is 2. The van der Waals surface area contributed by atoms with Crippen molar-refractivity contribution in [3.63, 3.8) is 0 Å². The summed E-state index contributed by atoms with van der Waals surface area (Å²) in [5.41, 5.74) is 5.19. The van der Waals surface area contributed by atoms with Gasteiger partial charge in [0.1, 0.15) is 5.78 Å². The molecule has 2 aromatic rings. The normalized spacial score (nSPS) is 30.0. The highest BCUT2D eigenvalue weighted by Gasteiger charge is 2.50. The number of aromatic nitrogens is 2. The van der Waals surface area contributed by atoms with Crippen molar-refractivity contribution in [1.29, 1.82) is 0 Å². The summed E-state index contributed by atoms with van der Waals surface area (Å²) in [7, 11) is 2.05. The van der Waals surface area contributed by atoms with Crippen LogP contribution in [0, 0.1) is 11.8 Å². The van der Waals surface area contributed by atoms with Gasteiger partial charge in [-0.25, -0.2) is 0 Å². The van der Waals surface area contributed by atoms with Gasteiger partial charge in [-0.3, -0.25) is 9.48 Å². The average molecular weight is 308 g/mol. The van der Waals surface area contributed by atoms with Crippen molar-refractivity contribution in [2.75, 3.05) is 0 Å². The largest absolute Gasteiger partial charge is 0.299 e. The van der Waals surface area contributed by atoms with Crippen LogP contribution in [0.5, 0.6) is 0 Å². The first-order valence-corrected chi connectivity index (χ1v) is 8.67. The number of nitrogens with zero attached hydrogens (tertiary/aromatic N) is 2. The van der Waals surface area contributed by atoms with Gasteiger partial charge in [-0.2, -0.15) is 5.10 Å². The number of fused-ring (bicyclic) bond motifs is 3. The van der Waals surface area contributed by atoms with Gasteiger partial charge in [0.05, 0.1) is 11.4 Å². The summed E-state index contributed by atoms with van der Waals surface area (Å²) in [5, 5.41) is 4.95. The van der Waals surface area contributed by atoms with Crippen LogP contribution in [0.25, 0.3) is 11.3 Å². The third-order valence-electron chi connectivity index (χ3n) is 6.26. The molecule has 0 unspecified atom stereocenters. The molecule has 0 amide bonds. The van der Waals surface area contributed by atoms with E-state index in [-0.39, 0.29) is 11.3 Å². The topological polar surface area (TPSA) is 34.9 Å². The summed E-state index contributed by atoms with van der Waals surface area (Å²) >= 11 is 0. The minimum absolute atomic E-state index is 0.0473. The molecule has 3 nitrogen and oxygen atoms in total. The van der Waals surface area contributed by atoms with E-state index in [1.54, 1.807) is 0 Å². The van der Waals surface area contributed by atoms with Crippen molar-refractivity contribution in [2.45, 2.75) is 44.9 Å². The van der Waals surface area contributed by atoms with E-state index in [0.29, 0.717) is 18.1 Å². The zero-order chi connectivity index (χ0) is 16.2. The van der Waals surface area contributed by atoms with Crippen LogP contribution in [0.1, 0.15) is 44.4 Å². The Morgan fingerprint density at radius 1 is 1.22 bits per heavy atom. The molecular formula is C20H24N2O. The van der Waals surface area contributed by atoms with Crippen molar-refractivity contribution in [1.82, 2.24) is 9.78 Å². The summed E-state index contributed by atoms with van der Waals surface area (Å²) < 4.78 is 2.05. The molecule has 2 aliphatic carbocycles. The molecule has 1 aromatic carbocycles. The molecule has 1 heterocycles. The van der Waals surface area contributed by atoms with E-state index in [1.165, 1.54) is 22.5 Å². The first-order chi connectivity index (χ1) is 11.0. The van der Waals surface area contributed by atoms with Crippen LogP contribution in [0.3, 0.4) is 0 Å². The van der Waals surface area contributed by atoms with Gasteiger partial charge in [-0.05, 0) is 25.2 Å².